The Morgan fingerprint density at radius 2 is 2.19 bits per heavy atom. The zero-order chi connectivity index (χ0) is 12.0. The molecular weight excluding hydrogens is 218 g/mol. The molecule has 2 nitrogen and oxygen atoms in total. The van der Waals surface area contributed by atoms with Crippen LogP contribution in [0.5, 0.6) is 0 Å². The van der Waals surface area contributed by atoms with E-state index in [-0.39, 0.29) is 6.61 Å². The van der Waals surface area contributed by atoms with E-state index in [1.807, 2.05) is 6.07 Å². The van der Waals surface area contributed by atoms with Crippen molar-refractivity contribution in [2.75, 3.05) is 13.2 Å². The van der Waals surface area contributed by atoms with Crippen LogP contribution >= 0.6 is 11.3 Å². The van der Waals surface area contributed by atoms with E-state index in [1.165, 1.54) is 4.88 Å². The van der Waals surface area contributed by atoms with Crippen LogP contribution in [-0.2, 0) is 6.54 Å². The average Bonchev–Trinajstić information content (AvgIpc) is 2.70. The quantitative estimate of drug-likeness (QED) is 0.812. The zero-order valence-corrected chi connectivity index (χ0v) is 11.0. The molecule has 0 radical (unpaired) electrons. The number of hydrogen-bond acceptors (Lipinski definition) is 3. The summed E-state index contributed by atoms with van der Waals surface area (Å²) in [6.07, 6.45) is 0. The van der Waals surface area contributed by atoms with Crippen LogP contribution in [0, 0.1) is 11.8 Å². The maximum absolute atomic E-state index is 8.61. The number of aliphatic hydroxyl groups excluding tert-OH is 1. The van der Waals surface area contributed by atoms with Crippen LogP contribution in [0.2, 0.25) is 0 Å². The summed E-state index contributed by atoms with van der Waals surface area (Å²) in [5, 5.41) is 8.61. The minimum atomic E-state index is -0.0691. The second-order valence-electron chi connectivity index (χ2n) is 3.88. The van der Waals surface area contributed by atoms with Gasteiger partial charge in [-0.1, -0.05) is 18.8 Å². The third-order valence-corrected chi connectivity index (χ3v) is 3.43. The maximum Gasteiger partial charge on any atom is 0.104 e. The molecule has 0 saturated carbocycles. The van der Waals surface area contributed by atoms with Crippen molar-refractivity contribution >= 4 is 11.3 Å². The van der Waals surface area contributed by atoms with Gasteiger partial charge in [0.15, 0.2) is 0 Å². The number of thiophene rings is 1. The highest BCUT2D eigenvalue weighted by atomic mass is 32.1. The summed E-state index contributed by atoms with van der Waals surface area (Å²) in [5.41, 5.74) is 0. The molecule has 1 rings (SSSR count). The van der Waals surface area contributed by atoms with E-state index in [9.17, 15) is 0 Å². The fourth-order valence-corrected chi connectivity index (χ4v) is 2.42. The molecule has 0 unspecified atom stereocenters. The van der Waals surface area contributed by atoms with E-state index < -0.39 is 0 Å². The summed E-state index contributed by atoms with van der Waals surface area (Å²) in [7, 11) is 0. The van der Waals surface area contributed by atoms with Crippen LogP contribution in [0.1, 0.15) is 30.5 Å². The predicted octanol–water partition coefficient (Wildman–Crippen LogP) is 2.32. The Balaban J connectivity index is 2.64. The number of aliphatic hydroxyl groups is 1. The van der Waals surface area contributed by atoms with Gasteiger partial charge in [0.1, 0.15) is 6.61 Å². The van der Waals surface area contributed by atoms with Gasteiger partial charge in [-0.05, 0) is 32.5 Å². The largest absolute Gasteiger partial charge is 0.384 e. The van der Waals surface area contributed by atoms with Gasteiger partial charge in [0.2, 0.25) is 0 Å². The number of nitrogens with zero attached hydrogens (tertiary/aromatic N) is 1. The second-order valence-corrected chi connectivity index (χ2v) is 5.05. The van der Waals surface area contributed by atoms with Gasteiger partial charge in [0.05, 0.1) is 4.88 Å². The monoisotopic (exact) mass is 237 g/mol. The van der Waals surface area contributed by atoms with Crippen LogP contribution in [-0.4, -0.2) is 29.2 Å². The molecule has 1 heterocycles. The van der Waals surface area contributed by atoms with Crippen molar-refractivity contribution < 1.29 is 5.11 Å². The van der Waals surface area contributed by atoms with E-state index in [0.717, 1.165) is 18.0 Å². The maximum atomic E-state index is 8.61. The topological polar surface area (TPSA) is 23.5 Å². The van der Waals surface area contributed by atoms with E-state index in [0.29, 0.717) is 6.04 Å². The van der Waals surface area contributed by atoms with Crippen LogP contribution in [0.15, 0.2) is 12.1 Å². The first-order valence-corrected chi connectivity index (χ1v) is 6.41. The van der Waals surface area contributed by atoms with Gasteiger partial charge < -0.3 is 5.11 Å². The molecule has 1 aromatic heterocycles. The van der Waals surface area contributed by atoms with Crippen molar-refractivity contribution in [1.82, 2.24) is 4.90 Å². The Labute approximate surface area is 102 Å². The average molecular weight is 237 g/mol. The van der Waals surface area contributed by atoms with Crippen LogP contribution < -0.4 is 0 Å². The first kappa shape index (κ1) is 13.2. The van der Waals surface area contributed by atoms with E-state index in [4.69, 9.17) is 5.11 Å². The highest BCUT2D eigenvalue weighted by molar-refractivity contribution is 7.12. The minimum absolute atomic E-state index is 0.0691. The molecule has 3 heteroatoms. The Morgan fingerprint density at radius 1 is 1.44 bits per heavy atom. The molecule has 0 fully saturated rings. The van der Waals surface area contributed by atoms with E-state index in [1.54, 1.807) is 11.3 Å². The summed E-state index contributed by atoms with van der Waals surface area (Å²) < 4.78 is 0. The number of rotatable bonds is 4. The normalized spacial score (nSPS) is 10.6. The van der Waals surface area contributed by atoms with Gasteiger partial charge in [0.25, 0.3) is 0 Å². The summed E-state index contributed by atoms with van der Waals surface area (Å²) in [6.45, 7) is 8.58. The molecule has 0 aliphatic carbocycles. The third-order valence-electron chi connectivity index (χ3n) is 2.45. The summed E-state index contributed by atoms with van der Waals surface area (Å²) in [4.78, 5) is 4.77. The predicted molar refractivity (Wildman–Crippen MR) is 69.5 cm³/mol. The van der Waals surface area contributed by atoms with Gasteiger partial charge in [0, 0.05) is 17.5 Å². The van der Waals surface area contributed by atoms with Gasteiger partial charge in [-0.2, -0.15) is 0 Å². The molecule has 0 aromatic carbocycles. The highest BCUT2D eigenvalue weighted by Gasteiger charge is 2.08. The lowest BCUT2D eigenvalue weighted by atomic mass is 10.3. The molecule has 16 heavy (non-hydrogen) atoms. The van der Waals surface area contributed by atoms with Crippen molar-refractivity contribution in [3.05, 3.63) is 21.9 Å². The Hall–Kier alpha value is -0.820. The molecule has 88 valence electrons. The molecule has 1 aromatic rings. The summed E-state index contributed by atoms with van der Waals surface area (Å²) in [6, 6.07) is 4.72. The Kier molecular flexibility index (Phi) is 5.54. The number of hydrogen-bond donors (Lipinski definition) is 1. The molecule has 0 aliphatic heterocycles. The minimum Gasteiger partial charge on any atom is -0.384 e. The fourth-order valence-electron chi connectivity index (χ4n) is 1.52. The van der Waals surface area contributed by atoms with Crippen molar-refractivity contribution in [1.29, 1.82) is 0 Å². The molecular formula is C13H19NOS. The lowest BCUT2D eigenvalue weighted by Crippen LogP contribution is -2.29. The molecule has 0 bridgehead atoms. The second kappa shape index (κ2) is 6.70. The fraction of sp³-hybridized carbons (Fsp3) is 0.538. The third kappa shape index (κ3) is 3.97. The molecule has 0 saturated heterocycles. The van der Waals surface area contributed by atoms with Crippen LogP contribution in [0.25, 0.3) is 0 Å². The van der Waals surface area contributed by atoms with E-state index >= 15 is 0 Å². The first-order valence-electron chi connectivity index (χ1n) is 5.59. The van der Waals surface area contributed by atoms with Gasteiger partial charge >= 0.3 is 0 Å². The van der Waals surface area contributed by atoms with Crippen LogP contribution in [0.3, 0.4) is 0 Å². The van der Waals surface area contributed by atoms with Crippen molar-refractivity contribution in [3.63, 3.8) is 0 Å². The molecule has 0 spiro atoms. The van der Waals surface area contributed by atoms with E-state index in [2.05, 4.69) is 43.6 Å². The van der Waals surface area contributed by atoms with Gasteiger partial charge in [-0.25, -0.2) is 0 Å². The summed E-state index contributed by atoms with van der Waals surface area (Å²) >= 11 is 1.71. The first-order chi connectivity index (χ1) is 7.67. The molecule has 0 atom stereocenters. The van der Waals surface area contributed by atoms with Crippen molar-refractivity contribution in [3.8, 4) is 11.8 Å². The smallest absolute Gasteiger partial charge is 0.104 e. The lowest BCUT2D eigenvalue weighted by Gasteiger charge is -2.23. The molecule has 1 N–H and O–H groups in total. The standard InChI is InChI=1S/C13H19NOS/c1-4-14(11(2)3)10-13-8-7-12(16-13)6-5-9-15/h7-8,11,15H,4,9-10H2,1-3H3. The van der Waals surface area contributed by atoms with Crippen molar-refractivity contribution in [2.24, 2.45) is 0 Å². The van der Waals surface area contributed by atoms with Gasteiger partial charge in [-0.3, -0.25) is 4.90 Å². The zero-order valence-electron chi connectivity index (χ0n) is 10.2. The van der Waals surface area contributed by atoms with Crippen molar-refractivity contribution in [2.45, 2.75) is 33.4 Å². The Bertz CT molecular complexity index is 373. The molecule has 0 amide bonds. The SMILES string of the molecule is CCN(Cc1ccc(C#CCO)s1)C(C)C. The Morgan fingerprint density at radius 3 is 2.75 bits per heavy atom. The lowest BCUT2D eigenvalue weighted by molar-refractivity contribution is 0.227. The molecule has 0 aliphatic rings. The van der Waals surface area contributed by atoms with Gasteiger partial charge in [-0.15, -0.1) is 11.3 Å². The van der Waals surface area contributed by atoms with Crippen LogP contribution in [0.4, 0.5) is 0 Å². The summed E-state index contributed by atoms with van der Waals surface area (Å²) in [5.74, 6) is 5.61. The highest BCUT2D eigenvalue weighted by Crippen LogP contribution is 2.18.